The highest BCUT2D eigenvalue weighted by Crippen LogP contribution is 2.40. The lowest BCUT2D eigenvalue weighted by atomic mass is 9.69. The van der Waals surface area contributed by atoms with Gasteiger partial charge in [0, 0.05) is 5.92 Å². The van der Waals surface area contributed by atoms with E-state index in [4.69, 9.17) is 10.8 Å². The fraction of sp³-hybridized carbons (Fsp3) is 0.941. The molecule has 2 saturated carbocycles. The van der Waals surface area contributed by atoms with Crippen molar-refractivity contribution in [1.82, 2.24) is 5.43 Å². The maximum absolute atomic E-state index is 5.76. The topological polar surface area (TPSA) is 50.4 Å². The molecule has 3 nitrogen and oxygen atoms in total. The summed E-state index contributed by atoms with van der Waals surface area (Å²) in [6, 6.07) is 0.523. The monoisotopic (exact) mass is 279 g/mol. The summed E-state index contributed by atoms with van der Waals surface area (Å²) >= 11 is 0. The van der Waals surface area contributed by atoms with Crippen LogP contribution >= 0.6 is 0 Å². The van der Waals surface area contributed by atoms with Gasteiger partial charge in [-0.3, -0.25) is 4.99 Å². The Kier molecular flexibility index (Phi) is 5.48. The van der Waals surface area contributed by atoms with Gasteiger partial charge in [0.25, 0.3) is 0 Å². The Morgan fingerprint density at radius 3 is 2.05 bits per heavy atom. The van der Waals surface area contributed by atoms with Crippen LogP contribution in [0, 0.1) is 17.3 Å². The first-order valence-electron chi connectivity index (χ1n) is 8.55. The minimum Gasteiger partial charge on any atom is -0.312 e. The van der Waals surface area contributed by atoms with Gasteiger partial charge in [-0.2, -0.15) is 0 Å². The van der Waals surface area contributed by atoms with E-state index < -0.39 is 0 Å². The van der Waals surface area contributed by atoms with E-state index in [0.29, 0.717) is 17.4 Å². The molecule has 0 amide bonds. The maximum atomic E-state index is 5.76. The van der Waals surface area contributed by atoms with Crippen LogP contribution in [0.4, 0.5) is 0 Å². The Morgan fingerprint density at radius 2 is 1.55 bits per heavy atom. The summed E-state index contributed by atoms with van der Waals surface area (Å²) < 4.78 is 0. The molecule has 0 aromatic carbocycles. The second-order valence-corrected chi connectivity index (χ2v) is 7.87. The van der Waals surface area contributed by atoms with E-state index in [1.54, 1.807) is 0 Å². The lowest BCUT2D eigenvalue weighted by Crippen LogP contribution is -2.40. The Bertz CT molecular complexity index is 316. The van der Waals surface area contributed by atoms with Gasteiger partial charge in [0.05, 0.1) is 6.04 Å². The number of hydrogen-bond acceptors (Lipinski definition) is 2. The molecule has 2 aliphatic rings. The molecular formula is C17H33N3. The molecule has 0 aliphatic heterocycles. The van der Waals surface area contributed by atoms with Gasteiger partial charge in [-0.05, 0) is 49.9 Å². The smallest absolute Gasteiger partial charge is 0.114 e. The molecule has 0 aromatic rings. The van der Waals surface area contributed by atoms with Crippen molar-refractivity contribution in [3.05, 3.63) is 0 Å². The third kappa shape index (κ3) is 4.21. The van der Waals surface area contributed by atoms with Gasteiger partial charge in [-0.25, -0.2) is 5.84 Å². The van der Waals surface area contributed by atoms with Crippen LogP contribution in [0.3, 0.4) is 0 Å². The molecule has 3 heteroatoms. The van der Waals surface area contributed by atoms with Gasteiger partial charge in [-0.1, -0.05) is 40.0 Å². The molecule has 0 aromatic heterocycles. The second kappa shape index (κ2) is 6.93. The first kappa shape index (κ1) is 15.8. The van der Waals surface area contributed by atoms with Crippen LogP contribution in [0.2, 0.25) is 0 Å². The SMILES string of the molecule is CC(C)(C)C1CCC(C(=NC2CCCCC2)NN)CC1. The fourth-order valence-corrected chi connectivity index (χ4v) is 3.90. The van der Waals surface area contributed by atoms with Crippen LogP contribution in [-0.2, 0) is 0 Å². The zero-order valence-corrected chi connectivity index (χ0v) is 13.6. The van der Waals surface area contributed by atoms with Gasteiger partial charge in [0.1, 0.15) is 5.84 Å². The molecule has 0 atom stereocenters. The molecule has 3 N–H and O–H groups in total. The third-order valence-corrected chi connectivity index (χ3v) is 5.38. The molecule has 2 rings (SSSR count). The summed E-state index contributed by atoms with van der Waals surface area (Å²) in [6.07, 6.45) is 11.7. The number of amidine groups is 1. The molecule has 20 heavy (non-hydrogen) atoms. The largest absolute Gasteiger partial charge is 0.312 e. The van der Waals surface area contributed by atoms with Crippen molar-refractivity contribution in [3.63, 3.8) is 0 Å². The fourth-order valence-electron chi connectivity index (χ4n) is 3.90. The van der Waals surface area contributed by atoms with Crippen molar-refractivity contribution >= 4 is 5.84 Å². The van der Waals surface area contributed by atoms with Gasteiger partial charge >= 0.3 is 0 Å². The lowest BCUT2D eigenvalue weighted by Gasteiger charge is -2.37. The van der Waals surface area contributed by atoms with Crippen LogP contribution in [0.1, 0.15) is 78.6 Å². The average Bonchev–Trinajstić information content (AvgIpc) is 2.45. The highest BCUT2D eigenvalue weighted by molar-refractivity contribution is 5.84. The average molecular weight is 279 g/mol. The molecule has 0 radical (unpaired) electrons. The Morgan fingerprint density at radius 1 is 0.950 bits per heavy atom. The number of nitrogens with one attached hydrogen (secondary N) is 1. The van der Waals surface area contributed by atoms with Gasteiger partial charge < -0.3 is 5.43 Å². The number of hydrazine groups is 1. The molecule has 2 aliphatic carbocycles. The summed E-state index contributed by atoms with van der Waals surface area (Å²) in [5.41, 5.74) is 3.37. The first-order chi connectivity index (χ1) is 9.50. The third-order valence-electron chi connectivity index (χ3n) is 5.38. The van der Waals surface area contributed by atoms with Gasteiger partial charge in [-0.15, -0.1) is 0 Å². The quantitative estimate of drug-likeness (QED) is 0.347. The van der Waals surface area contributed by atoms with E-state index in [9.17, 15) is 0 Å². The van der Waals surface area contributed by atoms with Crippen molar-refractivity contribution in [2.45, 2.75) is 84.6 Å². The van der Waals surface area contributed by atoms with E-state index in [1.807, 2.05) is 0 Å². The molecule has 0 unspecified atom stereocenters. The summed E-state index contributed by atoms with van der Waals surface area (Å²) in [5.74, 6) is 8.27. The van der Waals surface area contributed by atoms with E-state index in [0.717, 1.165) is 11.8 Å². The highest BCUT2D eigenvalue weighted by atomic mass is 15.3. The second-order valence-electron chi connectivity index (χ2n) is 7.87. The number of nitrogens with two attached hydrogens (primary N) is 1. The molecule has 2 fully saturated rings. The standard InChI is InChI=1S/C17H33N3/c1-17(2,3)14-11-9-13(10-12-14)16(20-18)19-15-7-5-4-6-8-15/h13-15H,4-12,18H2,1-3H3,(H,19,20). The molecule has 0 saturated heterocycles. The molecule has 0 bridgehead atoms. The molecular weight excluding hydrogens is 246 g/mol. The van der Waals surface area contributed by atoms with Crippen LogP contribution < -0.4 is 11.3 Å². The van der Waals surface area contributed by atoms with Crippen LogP contribution in [0.15, 0.2) is 4.99 Å². The van der Waals surface area contributed by atoms with Crippen molar-refractivity contribution in [2.75, 3.05) is 0 Å². The Hall–Kier alpha value is -0.570. The number of hydrogen-bond donors (Lipinski definition) is 2. The van der Waals surface area contributed by atoms with Gasteiger partial charge in [0.2, 0.25) is 0 Å². The predicted molar refractivity (Wildman–Crippen MR) is 86.5 cm³/mol. The minimum absolute atomic E-state index is 0.446. The Balaban J connectivity index is 1.91. The minimum atomic E-state index is 0.446. The van der Waals surface area contributed by atoms with Crippen molar-refractivity contribution in [3.8, 4) is 0 Å². The molecule has 0 spiro atoms. The van der Waals surface area contributed by atoms with Crippen LogP contribution in [0.5, 0.6) is 0 Å². The summed E-state index contributed by atoms with van der Waals surface area (Å²) in [4.78, 5) is 4.95. The molecule has 0 heterocycles. The van der Waals surface area contributed by atoms with E-state index in [1.165, 1.54) is 57.8 Å². The van der Waals surface area contributed by atoms with E-state index >= 15 is 0 Å². The van der Waals surface area contributed by atoms with Crippen LogP contribution in [-0.4, -0.2) is 11.9 Å². The number of rotatable bonds is 2. The van der Waals surface area contributed by atoms with Crippen molar-refractivity contribution in [2.24, 2.45) is 28.1 Å². The summed E-state index contributed by atoms with van der Waals surface area (Å²) in [7, 11) is 0. The maximum Gasteiger partial charge on any atom is 0.114 e. The van der Waals surface area contributed by atoms with Crippen LogP contribution in [0.25, 0.3) is 0 Å². The summed E-state index contributed by atoms with van der Waals surface area (Å²) in [5, 5.41) is 0. The highest BCUT2D eigenvalue weighted by Gasteiger charge is 2.31. The lowest BCUT2D eigenvalue weighted by molar-refractivity contribution is 0.166. The summed E-state index contributed by atoms with van der Waals surface area (Å²) in [6.45, 7) is 7.11. The van der Waals surface area contributed by atoms with Crippen molar-refractivity contribution in [1.29, 1.82) is 0 Å². The number of nitrogens with zero attached hydrogens (tertiary/aromatic N) is 1. The predicted octanol–water partition coefficient (Wildman–Crippen LogP) is 4.03. The number of aliphatic imine (C=N–C) groups is 1. The zero-order valence-electron chi connectivity index (χ0n) is 13.6. The normalized spacial score (nSPS) is 30.3. The molecule has 116 valence electrons. The zero-order chi connectivity index (χ0) is 14.6. The van der Waals surface area contributed by atoms with E-state index in [2.05, 4.69) is 26.2 Å². The van der Waals surface area contributed by atoms with Crippen molar-refractivity contribution < 1.29 is 0 Å². The first-order valence-corrected chi connectivity index (χ1v) is 8.55. The van der Waals surface area contributed by atoms with E-state index in [-0.39, 0.29) is 0 Å². The van der Waals surface area contributed by atoms with Gasteiger partial charge in [0.15, 0.2) is 0 Å². The Labute approximate surface area is 124 Å².